The molecule has 1 heterocycles. The van der Waals surface area contributed by atoms with Crippen molar-refractivity contribution < 1.29 is 4.74 Å². The molecular formula is C18H28N2O. The van der Waals surface area contributed by atoms with Crippen LogP contribution < -0.4 is 15.4 Å². The molecule has 0 amide bonds. The van der Waals surface area contributed by atoms with E-state index in [0.29, 0.717) is 5.41 Å². The summed E-state index contributed by atoms with van der Waals surface area (Å²) in [4.78, 5) is 2.45. The molecule has 1 aromatic rings. The van der Waals surface area contributed by atoms with Gasteiger partial charge in [-0.05, 0) is 57.1 Å². The topological polar surface area (TPSA) is 38.5 Å². The molecule has 2 fully saturated rings. The smallest absolute Gasteiger partial charge is 0.144 e. The molecule has 3 heteroatoms. The van der Waals surface area contributed by atoms with Crippen LogP contribution in [0.15, 0.2) is 18.2 Å². The Balaban J connectivity index is 1.73. The number of hydrogen-bond donors (Lipinski definition) is 1. The monoisotopic (exact) mass is 288 g/mol. The summed E-state index contributed by atoms with van der Waals surface area (Å²) in [6, 6.07) is 6.17. The Morgan fingerprint density at radius 1 is 1.10 bits per heavy atom. The van der Waals surface area contributed by atoms with Crippen molar-refractivity contribution in [3.05, 3.63) is 18.2 Å². The minimum absolute atomic E-state index is 0.158. The van der Waals surface area contributed by atoms with Gasteiger partial charge in [0.25, 0.3) is 0 Å². The highest BCUT2D eigenvalue weighted by atomic mass is 16.5. The van der Waals surface area contributed by atoms with Crippen molar-refractivity contribution in [2.75, 3.05) is 23.7 Å². The highest BCUT2D eigenvalue weighted by molar-refractivity contribution is 5.74. The Bertz CT molecular complexity index is 482. The summed E-state index contributed by atoms with van der Waals surface area (Å²) in [6.45, 7) is 6.35. The first-order valence-electron chi connectivity index (χ1n) is 8.40. The maximum atomic E-state index is 6.34. The first kappa shape index (κ1) is 14.6. The van der Waals surface area contributed by atoms with Crippen LogP contribution in [0.2, 0.25) is 0 Å². The van der Waals surface area contributed by atoms with E-state index in [-0.39, 0.29) is 6.10 Å². The lowest BCUT2D eigenvalue weighted by molar-refractivity contribution is 0.226. The third-order valence-electron chi connectivity index (χ3n) is 5.23. The summed E-state index contributed by atoms with van der Waals surface area (Å²) in [7, 11) is 0. The average Bonchev–Trinajstić information content (AvgIpc) is 2.90. The number of anilines is 2. The number of piperidine rings is 1. The third-order valence-corrected chi connectivity index (χ3v) is 5.23. The molecule has 116 valence electrons. The largest absolute Gasteiger partial charge is 0.489 e. The number of ether oxygens (including phenoxy) is 1. The molecule has 1 aromatic carbocycles. The number of benzene rings is 1. The van der Waals surface area contributed by atoms with Gasteiger partial charge >= 0.3 is 0 Å². The second-order valence-corrected chi connectivity index (χ2v) is 7.05. The fourth-order valence-electron chi connectivity index (χ4n) is 4.01. The predicted molar refractivity (Wildman–Crippen MR) is 89.0 cm³/mol. The molecule has 0 bridgehead atoms. The Labute approximate surface area is 128 Å². The molecule has 1 saturated carbocycles. The van der Waals surface area contributed by atoms with Crippen LogP contribution in [0.4, 0.5) is 11.4 Å². The Kier molecular flexibility index (Phi) is 4.01. The van der Waals surface area contributed by atoms with Crippen molar-refractivity contribution in [2.24, 2.45) is 5.41 Å². The average molecular weight is 288 g/mol. The zero-order valence-electron chi connectivity index (χ0n) is 13.4. The SMILES string of the molecule is CC(C)Oc1cccc(N2CCC3(CCCC3)CC2)c1N. The molecule has 0 unspecified atom stereocenters. The van der Waals surface area contributed by atoms with Gasteiger partial charge in [0.05, 0.1) is 17.5 Å². The minimum atomic E-state index is 0.158. The number of para-hydroxylation sites is 1. The fourth-order valence-corrected chi connectivity index (χ4v) is 4.01. The van der Waals surface area contributed by atoms with Gasteiger partial charge in [0.15, 0.2) is 0 Å². The molecule has 0 radical (unpaired) electrons. The number of hydrogen-bond acceptors (Lipinski definition) is 3. The molecule has 2 N–H and O–H groups in total. The summed E-state index contributed by atoms with van der Waals surface area (Å²) >= 11 is 0. The zero-order chi connectivity index (χ0) is 14.9. The molecule has 1 spiro atoms. The standard InChI is InChI=1S/C18H28N2O/c1-14(2)21-16-7-5-6-15(17(16)19)20-12-10-18(11-13-20)8-3-4-9-18/h5-7,14H,3-4,8-13,19H2,1-2H3. The van der Waals surface area contributed by atoms with Gasteiger partial charge in [0.1, 0.15) is 5.75 Å². The maximum absolute atomic E-state index is 6.34. The van der Waals surface area contributed by atoms with Gasteiger partial charge in [0, 0.05) is 13.1 Å². The lowest BCUT2D eigenvalue weighted by atomic mass is 9.77. The summed E-state index contributed by atoms with van der Waals surface area (Å²) < 4.78 is 5.82. The van der Waals surface area contributed by atoms with Gasteiger partial charge in [-0.2, -0.15) is 0 Å². The molecule has 2 aliphatic rings. The lowest BCUT2D eigenvalue weighted by Gasteiger charge is -2.41. The van der Waals surface area contributed by atoms with E-state index in [1.54, 1.807) is 0 Å². The van der Waals surface area contributed by atoms with Crippen molar-refractivity contribution in [1.82, 2.24) is 0 Å². The van der Waals surface area contributed by atoms with Crippen molar-refractivity contribution >= 4 is 11.4 Å². The van der Waals surface area contributed by atoms with Crippen LogP contribution >= 0.6 is 0 Å². The molecule has 21 heavy (non-hydrogen) atoms. The lowest BCUT2D eigenvalue weighted by Crippen LogP contribution is -2.39. The van der Waals surface area contributed by atoms with Crippen molar-refractivity contribution in [2.45, 2.75) is 58.5 Å². The zero-order valence-corrected chi connectivity index (χ0v) is 13.4. The van der Waals surface area contributed by atoms with Crippen LogP contribution in [0.25, 0.3) is 0 Å². The minimum Gasteiger partial charge on any atom is -0.489 e. The summed E-state index contributed by atoms with van der Waals surface area (Å²) in [5.74, 6) is 0.823. The van der Waals surface area contributed by atoms with Crippen LogP contribution in [-0.4, -0.2) is 19.2 Å². The van der Waals surface area contributed by atoms with E-state index in [2.05, 4.69) is 17.0 Å². The van der Waals surface area contributed by atoms with Crippen LogP contribution in [0.5, 0.6) is 5.75 Å². The van der Waals surface area contributed by atoms with E-state index in [9.17, 15) is 0 Å². The Morgan fingerprint density at radius 3 is 2.38 bits per heavy atom. The van der Waals surface area contributed by atoms with Crippen molar-refractivity contribution in [1.29, 1.82) is 0 Å². The van der Waals surface area contributed by atoms with Crippen LogP contribution in [0, 0.1) is 5.41 Å². The predicted octanol–water partition coefficient (Wildman–Crippen LogP) is 4.22. The molecule has 1 saturated heterocycles. The molecule has 0 atom stereocenters. The van der Waals surface area contributed by atoms with Crippen molar-refractivity contribution in [3.63, 3.8) is 0 Å². The van der Waals surface area contributed by atoms with Gasteiger partial charge in [-0.3, -0.25) is 0 Å². The highest BCUT2D eigenvalue weighted by Gasteiger charge is 2.37. The molecule has 3 rings (SSSR count). The van der Waals surface area contributed by atoms with E-state index >= 15 is 0 Å². The highest BCUT2D eigenvalue weighted by Crippen LogP contribution is 2.47. The molecule has 1 aliphatic carbocycles. The first-order valence-corrected chi connectivity index (χ1v) is 8.40. The Morgan fingerprint density at radius 2 is 1.76 bits per heavy atom. The second-order valence-electron chi connectivity index (χ2n) is 7.05. The fraction of sp³-hybridized carbons (Fsp3) is 0.667. The van der Waals surface area contributed by atoms with Gasteiger partial charge in [0.2, 0.25) is 0 Å². The quantitative estimate of drug-likeness (QED) is 0.846. The second kappa shape index (κ2) is 5.78. The molecule has 0 aromatic heterocycles. The number of nitrogens with zero attached hydrogens (tertiary/aromatic N) is 1. The number of rotatable bonds is 3. The van der Waals surface area contributed by atoms with Crippen molar-refractivity contribution in [3.8, 4) is 5.75 Å². The Hall–Kier alpha value is -1.38. The summed E-state index contributed by atoms with van der Waals surface area (Å²) in [6.07, 6.45) is 8.54. The van der Waals surface area contributed by atoms with E-state index in [1.807, 2.05) is 19.9 Å². The van der Waals surface area contributed by atoms with Crippen LogP contribution in [-0.2, 0) is 0 Å². The molecule has 1 aliphatic heterocycles. The van der Waals surface area contributed by atoms with E-state index in [4.69, 9.17) is 10.5 Å². The maximum Gasteiger partial charge on any atom is 0.144 e. The molecule has 3 nitrogen and oxygen atoms in total. The first-order chi connectivity index (χ1) is 10.1. The molecular weight excluding hydrogens is 260 g/mol. The van der Waals surface area contributed by atoms with E-state index < -0.39 is 0 Å². The third kappa shape index (κ3) is 2.97. The van der Waals surface area contributed by atoms with Crippen LogP contribution in [0.3, 0.4) is 0 Å². The normalized spacial score (nSPS) is 21.2. The van der Waals surface area contributed by atoms with E-state index in [0.717, 1.165) is 30.2 Å². The van der Waals surface area contributed by atoms with Gasteiger partial charge in [-0.15, -0.1) is 0 Å². The van der Waals surface area contributed by atoms with Crippen LogP contribution in [0.1, 0.15) is 52.4 Å². The summed E-state index contributed by atoms with van der Waals surface area (Å²) in [5.41, 5.74) is 8.94. The van der Waals surface area contributed by atoms with E-state index in [1.165, 1.54) is 38.5 Å². The van der Waals surface area contributed by atoms with Gasteiger partial charge < -0.3 is 15.4 Å². The number of nitrogens with two attached hydrogens (primary N) is 1. The number of nitrogen functional groups attached to an aromatic ring is 1. The van der Waals surface area contributed by atoms with Gasteiger partial charge in [-0.25, -0.2) is 0 Å². The summed E-state index contributed by atoms with van der Waals surface area (Å²) in [5, 5.41) is 0. The van der Waals surface area contributed by atoms with Gasteiger partial charge in [-0.1, -0.05) is 18.9 Å².